The van der Waals surface area contributed by atoms with Gasteiger partial charge in [0.05, 0.1) is 0 Å². The van der Waals surface area contributed by atoms with Crippen molar-refractivity contribution in [1.29, 1.82) is 0 Å². The number of imide groups is 1. The third-order valence-electron chi connectivity index (χ3n) is 7.31. The number of amides is 5. The van der Waals surface area contributed by atoms with E-state index in [-0.39, 0.29) is 24.9 Å². The molecule has 1 aliphatic heterocycles. The molecule has 2 fully saturated rings. The number of ether oxygens (including phenoxy) is 1. The van der Waals surface area contributed by atoms with E-state index in [4.69, 9.17) is 16.3 Å². The van der Waals surface area contributed by atoms with Crippen LogP contribution >= 0.6 is 11.6 Å². The summed E-state index contributed by atoms with van der Waals surface area (Å²) in [5.74, 6) is -0.247. The Kier molecular flexibility index (Phi) is 6.81. The first-order chi connectivity index (χ1) is 17.8. The van der Waals surface area contributed by atoms with Crippen molar-refractivity contribution < 1.29 is 23.9 Å². The highest BCUT2D eigenvalue weighted by molar-refractivity contribution is 6.31. The summed E-state index contributed by atoms with van der Waals surface area (Å²) < 4.78 is 5.68. The molecule has 3 aliphatic rings. The molecule has 2 aromatic carbocycles. The van der Waals surface area contributed by atoms with Gasteiger partial charge in [-0.15, -0.1) is 0 Å². The van der Waals surface area contributed by atoms with Gasteiger partial charge in [0.1, 0.15) is 6.54 Å². The van der Waals surface area contributed by atoms with Crippen molar-refractivity contribution in [2.24, 2.45) is 5.92 Å². The highest BCUT2D eigenvalue weighted by Crippen LogP contribution is 2.46. The van der Waals surface area contributed by atoms with Crippen LogP contribution in [0.5, 0.6) is 0 Å². The topological polar surface area (TPSA) is 108 Å². The van der Waals surface area contributed by atoms with Crippen LogP contribution in [0, 0.1) is 5.92 Å². The zero-order valence-electron chi connectivity index (χ0n) is 20.6. The third kappa shape index (κ3) is 5.00. The number of nitrogens with one attached hydrogen (secondary N) is 2. The molecule has 0 radical (unpaired) electrons. The number of carbonyl (C=O) groups excluding carboxylic acids is 4. The van der Waals surface area contributed by atoms with Crippen LogP contribution in [0.2, 0.25) is 5.02 Å². The highest BCUT2D eigenvalue weighted by Gasteiger charge is 2.58. The Balaban J connectivity index is 1.32. The summed E-state index contributed by atoms with van der Waals surface area (Å²) in [6, 6.07) is 12.1. The summed E-state index contributed by atoms with van der Waals surface area (Å²) in [7, 11) is 1.52. The van der Waals surface area contributed by atoms with E-state index in [9.17, 15) is 19.2 Å². The molecular weight excluding hydrogens is 496 g/mol. The first-order valence-corrected chi connectivity index (χ1v) is 12.9. The molecule has 10 heteroatoms. The lowest BCUT2D eigenvalue weighted by atomic mass is 9.94. The molecule has 5 amide bonds. The molecule has 2 aromatic rings. The second kappa shape index (κ2) is 10.0. The number of benzene rings is 2. The quantitative estimate of drug-likeness (QED) is 0.542. The number of nitrogens with zero attached hydrogens (tertiary/aromatic N) is 2. The standard InChI is InChI=1S/C27H29ClN4O5/c1-29-25(35)30-20-8-9-21-18(14-20)10-12-27(21)24(34)32(26(36)37-27)16-23(33)31(13-11-17-6-7-17)15-19-4-2-3-5-22(19)28/h2-5,8-9,14,17H,6-7,10-13,15-16H2,1H3,(H2,29,30,35)/t27-/m1/s1. The molecule has 1 atom stereocenters. The van der Waals surface area contributed by atoms with Crippen molar-refractivity contribution >= 4 is 41.2 Å². The fraction of sp³-hybridized carbons (Fsp3) is 0.407. The van der Waals surface area contributed by atoms with Gasteiger partial charge in [0.25, 0.3) is 5.91 Å². The maximum atomic E-state index is 13.6. The fourth-order valence-electron chi connectivity index (χ4n) is 5.03. The molecule has 1 saturated heterocycles. The predicted molar refractivity (Wildman–Crippen MR) is 137 cm³/mol. The average molecular weight is 525 g/mol. The van der Waals surface area contributed by atoms with Crippen molar-refractivity contribution in [1.82, 2.24) is 15.1 Å². The third-order valence-corrected chi connectivity index (χ3v) is 7.68. The number of urea groups is 1. The molecule has 37 heavy (non-hydrogen) atoms. The summed E-state index contributed by atoms with van der Waals surface area (Å²) in [5.41, 5.74) is 1.34. The van der Waals surface area contributed by atoms with E-state index in [0.717, 1.165) is 35.3 Å². The number of anilines is 1. The largest absolute Gasteiger partial charge is 0.427 e. The second-order valence-corrected chi connectivity index (χ2v) is 10.2. The number of aryl methyl sites for hydroxylation is 1. The maximum Gasteiger partial charge on any atom is 0.418 e. The van der Waals surface area contributed by atoms with Crippen molar-refractivity contribution in [3.63, 3.8) is 0 Å². The van der Waals surface area contributed by atoms with E-state index in [1.54, 1.807) is 29.2 Å². The number of hydrogen-bond donors (Lipinski definition) is 2. The van der Waals surface area contributed by atoms with Crippen LogP contribution in [-0.4, -0.2) is 53.9 Å². The number of hydrogen-bond acceptors (Lipinski definition) is 5. The van der Waals surface area contributed by atoms with Gasteiger partial charge in [-0.2, -0.15) is 0 Å². The molecule has 0 bridgehead atoms. The number of carbonyl (C=O) groups is 4. The van der Waals surface area contributed by atoms with Gasteiger partial charge >= 0.3 is 12.1 Å². The van der Waals surface area contributed by atoms with Gasteiger partial charge in [-0.1, -0.05) is 48.7 Å². The molecule has 2 aliphatic carbocycles. The van der Waals surface area contributed by atoms with Crippen molar-refractivity contribution in [2.75, 3.05) is 25.5 Å². The zero-order chi connectivity index (χ0) is 26.2. The minimum Gasteiger partial charge on any atom is -0.427 e. The van der Waals surface area contributed by atoms with Crippen molar-refractivity contribution in [3.8, 4) is 0 Å². The van der Waals surface area contributed by atoms with Gasteiger partial charge in [0.15, 0.2) is 0 Å². The monoisotopic (exact) mass is 524 g/mol. The van der Waals surface area contributed by atoms with E-state index in [0.29, 0.717) is 41.7 Å². The van der Waals surface area contributed by atoms with Crippen molar-refractivity contribution in [3.05, 3.63) is 64.2 Å². The molecule has 0 aromatic heterocycles. The van der Waals surface area contributed by atoms with Gasteiger partial charge in [0.2, 0.25) is 11.5 Å². The van der Waals surface area contributed by atoms with E-state index in [1.165, 1.54) is 7.05 Å². The summed E-state index contributed by atoms with van der Waals surface area (Å²) in [6.07, 6.45) is 3.16. The summed E-state index contributed by atoms with van der Waals surface area (Å²) >= 11 is 6.34. The minimum absolute atomic E-state index is 0.284. The SMILES string of the molecule is CNC(=O)Nc1ccc2c(c1)CC[C@@]21OC(=O)N(CC(=O)N(CCC2CC2)Cc2ccccc2Cl)C1=O. The van der Waals surface area contributed by atoms with E-state index < -0.39 is 17.6 Å². The van der Waals surface area contributed by atoms with Crippen LogP contribution in [0.4, 0.5) is 15.3 Å². The number of halogens is 1. The van der Waals surface area contributed by atoms with Crippen LogP contribution < -0.4 is 10.6 Å². The molecule has 5 rings (SSSR count). The first-order valence-electron chi connectivity index (χ1n) is 12.5. The lowest BCUT2D eigenvalue weighted by Gasteiger charge is -2.25. The Labute approximate surface area is 220 Å². The van der Waals surface area contributed by atoms with Gasteiger partial charge in [-0.05, 0) is 48.1 Å². The van der Waals surface area contributed by atoms with Crippen LogP contribution in [-0.2, 0) is 32.9 Å². The lowest BCUT2D eigenvalue weighted by molar-refractivity contribution is -0.142. The Bertz CT molecular complexity index is 1260. The van der Waals surface area contributed by atoms with Crippen LogP contribution in [0.15, 0.2) is 42.5 Å². The van der Waals surface area contributed by atoms with Crippen LogP contribution in [0.3, 0.4) is 0 Å². The van der Waals surface area contributed by atoms with Crippen LogP contribution in [0.1, 0.15) is 42.4 Å². The maximum absolute atomic E-state index is 13.6. The molecule has 1 spiro atoms. The molecule has 9 nitrogen and oxygen atoms in total. The number of rotatable bonds is 8. The Morgan fingerprint density at radius 3 is 2.70 bits per heavy atom. The molecule has 1 saturated carbocycles. The van der Waals surface area contributed by atoms with Gasteiger partial charge in [-0.3, -0.25) is 9.59 Å². The second-order valence-electron chi connectivity index (χ2n) is 9.80. The van der Waals surface area contributed by atoms with Crippen molar-refractivity contribution in [2.45, 2.75) is 44.2 Å². The average Bonchev–Trinajstić information content (AvgIpc) is 3.61. The predicted octanol–water partition coefficient (Wildman–Crippen LogP) is 4.04. The molecule has 2 N–H and O–H groups in total. The lowest BCUT2D eigenvalue weighted by Crippen LogP contribution is -2.44. The summed E-state index contributed by atoms with van der Waals surface area (Å²) in [5, 5.41) is 5.76. The van der Waals surface area contributed by atoms with E-state index in [1.807, 2.05) is 18.2 Å². The van der Waals surface area contributed by atoms with Gasteiger partial charge < -0.3 is 20.3 Å². The van der Waals surface area contributed by atoms with Gasteiger partial charge in [-0.25, -0.2) is 14.5 Å². The Morgan fingerprint density at radius 1 is 1.19 bits per heavy atom. The van der Waals surface area contributed by atoms with Gasteiger partial charge in [0, 0.05) is 42.8 Å². The molecular formula is C27H29ClN4O5. The number of fused-ring (bicyclic) bond motifs is 2. The van der Waals surface area contributed by atoms with Crippen LogP contribution in [0.25, 0.3) is 0 Å². The normalized spacial score (nSPS) is 20.1. The summed E-state index contributed by atoms with van der Waals surface area (Å²) in [6.45, 7) is 0.443. The van der Waals surface area contributed by atoms with E-state index in [2.05, 4.69) is 10.6 Å². The highest BCUT2D eigenvalue weighted by atomic mass is 35.5. The Morgan fingerprint density at radius 2 is 1.97 bits per heavy atom. The fourth-order valence-corrected chi connectivity index (χ4v) is 5.22. The van der Waals surface area contributed by atoms with E-state index >= 15 is 0 Å². The molecule has 0 unspecified atom stereocenters. The molecule has 194 valence electrons. The molecule has 1 heterocycles. The minimum atomic E-state index is -1.44. The zero-order valence-corrected chi connectivity index (χ0v) is 21.3. The smallest absolute Gasteiger partial charge is 0.418 e. The summed E-state index contributed by atoms with van der Waals surface area (Å²) in [4.78, 5) is 54.1. The Hall–Kier alpha value is -3.59. The first kappa shape index (κ1) is 25.1.